The highest BCUT2D eigenvalue weighted by atomic mass is 16.5. The van der Waals surface area contributed by atoms with Crippen LogP contribution in [0.25, 0.3) is 0 Å². The number of aromatic nitrogens is 2. The van der Waals surface area contributed by atoms with Crippen LogP contribution in [0.2, 0.25) is 0 Å². The highest BCUT2D eigenvalue weighted by Gasteiger charge is 2.35. The van der Waals surface area contributed by atoms with E-state index >= 15 is 0 Å². The number of carbonyl (C=O) groups excluding carboxylic acids is 2. The fourth-order valence-electron chi connectivity index (χ4n) is 5.21. The molecule has 5 rings (SSSR count). The van der Waals surface area contributed by atoms with E-state index in [1.807, 2.05) is 22.8 Å². The molecule has 1 aromatic carbocycles. The smallest absolute Gasteiger partial charge is 0.257 e. The van der Waals surface area contributed by atoms with Crippen LogP contribution in [0.15, 0.2) is 65.7 Å². The van der Waals surface area contributed by atoms with Crippen molar-refractivity contribution in [1.82, 2.24) is 14.9 Å². The zero-order chi connectivity index (χ0) is 25.1. The standard InChI is InChI=1S/C27H29N5O4/c1-36-11-10-29-26(34)19-7-8-24(22(13-19)30-27(35)20-4-3-9-28-14-20)31-15-18-12-21(17-31)23-5-2-6-25(33)32(23)16-18/h2-9,13-14,18,21H,10-12,15-17H2,1H3,(H,29,34)(H,30,35). The van der Waals surface area contributed by atoms with E-state index in [0.717, 1.165) is 30.9 Å². The van der Waals surface area contributed by atoms with Crippen molar-refractivity contribution in [2.24, 2.45) is 5.92 Å². The second-order valence-corrected chi connectivity index (χ2v) is 9.28. The van der Waals surface area contributed by atoms with Gasteiger partial charge in [0.05, 0.1) is 23.5 Å². The molecule has 2 amide bonds. The Bertz CT molecular complexity index is 1320. The molecule has 0 aliphatic carbocycles. The number of hydrogen-bond donors (Lipinski definition) is 2. The molecule has 2 unspecified atom stereocenters. The minimum atomic E-state index is -0.296. The molecule has 2 bridgehead atoms. The SMILES string of the molecule is COCCNC(=O)c1ccc(N2CC3CC(C2)c2cccc(=O)n2C3)c(NC(=O)c2cccnc2)c1. The average Bonchev–Trinajstić information content (AvgIpc) is 2.90. The largest absolute Gasteiger partial charge is 0.383 e. The Hall–Kier alpha value is -3.98. The van der Waals surface area contributed by atoms with Crippen LogP contribution in [-0.2, 0) is 11.3 Å². The summed E-state index contributed by atoms with van der Waals surface area (Å²) in [5.41, 5.74) is 3.39. The van der Waals surface area contributed by atoms with Crippen molar-refractivity contribution >= 4 is 23.2 Å². The Morgan fingerprint density at radius 1 is 1.06 bits per heavy atom. The van der Waals surface area contributed by atoms with Crippen molar-refractivity contribution in [2.45, 2.75) is 18.9 Å². The molecule has 2 aromatic heterocycles. The highest BCUT2D eigenvalue weighted by molar-refractivity contribution is 6.07. The van der Waals surface area contributed by atoms with Crippen LogP contribution in [0, 0.1) is 5.92 Å². The second-order valence-electron chi connectivity index (χ2n) is 9.28. The van der Waals surface area contributed by atoms with Crippen LogP contribution in [0.1, 0.15) is 38.7 Å². The van der Waals surface area contributed by atoms with Crippen molar-refractivity contribution < 1.29 is 14.3 Å². The number of methoxy groups -OCH3 is 1. The number of nitrogens with one attached hydrogen (secondary N) is 2. The predicted octanol–water partition coefficient (Wildman–Crippen LogP) is 2.50. The van der Waals surface area contributed by atoms with Gasteiger partial charge in [-0.2, -0.15) is 0 Å². The van der Waals surface area contributed by atoms with E-state index in [4.69, 9.17) is 4.74 Å². The topological polar surface area (TPSA) is 106 Å². The summed E-state index contributed by atoms with van der Waals surface area (Å²) in [6.07, 6.45) is 4.15. The maximum Gasteiger partial charge on any atom is 0.257 e. The van der Waals surface area contributed by atoms with E-state index in [1.165, 1.54) is 6.20 Å². The number of amides is 2. The summed E-state index contributed by atoms with van der Waals surface area (Å²) < 4.78 is 6.91. The van der Waals surface area contributed by atoms with Gasteiger partial charge in [-0.3, -0.25) is 19.4 Å². The van der Waals surface area contributed by atoms with Crippen LogP contribution in [-0.4, -0.2) is 54.7 Å². The molecule has 1 saturated heterocycles. The number of fused-ring (bicyclic) bond motifs is 4. The van der Waals surface area contributed by atoms with Gasteiger partial charge in [0.2, 0.25) is 0 Å². The molecule has 2 atom stereocenters. The Labute approximate surface area is 209 Å². The third-order valence-corrected chi connectivity index (χ3v) is 6.84. The quantitative estimate of drug-likeness (QED) is 0.496. The zero-order valence-corrected chi connectivity index (χ0v) is 20.1. The van der Waals surface area contributed by atoms with Gasteiger partial charge in [-0.05, 0) is 48.7 Å². The lowest BCUT2D eigenvalue weighted by molar-refractivity contribution is 0.0936. The van der Waals surface area contributed by atoms with Gasteiger partial charge < -0.3 is 24.8 Å². The number of ether oxygens (including phenoxy) is 1. The van der Waals surface area contributed by atoms with Gasteiger partial charge in [-0.15, -0.1) is 0 Å². The van der Waals surface area contributed by atoms with Gasteiger partial charge >= 0.3 is 0 Å². The van der Waals surface area contributed by atoms with E-state index in [9.17, 15) is 14.4 Å². The first-order chi connectivity index (χ1) is 17.5. The number of hydrogen-bond acceptors (Lipinski definition) is 6. The maximum atomic E-state index is 13.0. The Balaban J connectivity index is 1.45. The zero-order valence-electron chi connectivity index (χ0n) is 20.1. The molecular weight excluding hydrogens is 458 g/mol. The third kappa shape index (κ3) is 4.87. The van der Waals surface area contributed by atoms with Gasteiger partial charge in [0.15, 0.2) is 0 Å². The Morgan fingerprint density at radius 3 is 2.75 bits per heavy atom. The summed E-state index contributed by atoms with van der Waals surface area (Å²) >= 11 is 0. The fourth-order valence-corrected chi connectivity index (χ4v) is 5.21. The average molecular weight is 488 g/mol. The molecule has 2 aliphatic heterocycles. The summed E-state index contributed by atoms with van der Waals surface area (Å²) in [6, 6.07) is 14.3. The van der Waals surface area contributed by atoms with Crippen LogP contribution in [0.5, 0.6) is 0 Å². The fraction of sp³-hybridized carbons (Fsp3) is 0.333. The first kappa shape index (κ1) is 23.7. The van der Waals surface area contributed by atoms with Gasteiger partial charge in [0.25, 0.3) is 17.4 Å². The predicted molar refractivity (Wildman–Crippen MR) is 137 cm³/mol. The lowest BCUT2D eigenvalue weighted by Crippen LogP contribution is -2.47. The summed E-state index contributed by atoms with van der Waals surface area (Å²) in [7, 11) is 1.58. The second kappa shape index (κ2) is 10.3. The van der Waals surface area contributed by atoms with Crippen LogP contribution in [0.4, 0.5) is 11.4 Å². The van der Waals surface area contributed by atoms with Crippen LogP contribution < -0.4 is 21.1 Å². The summed E-state index contributed by atoms with van der Waals surface area (Å²) in [5.74, 6) is -0.00442. The molecule has 36 heavy (non-hydrogen) atoms. The van der Waals surface area contributed by atoms with Crippen molar-refractivity contribution in [2.75, 3.05) is 43.6 Å². The maximum absolute atomic E-state index is 13.0. The number of nitrogens with zero attached hydrogens (tertiary/aromatic N) is 3. The Morgan fingerprint density at radius 2 is 1.94 bits per heavy atom. The van der Waals surface area contributed by atoms with Gasteiger partial charge in [-0.1, -0.05) is 6.07 Å². The van der Waals surface area contributed by atoms with Crippen LogP contribution in [0.3, 0.4) is 0 Å². The summed E-state index contributed by atoms with van der Waals surface area (Å²) in [5, 5.41) is 5.83. The van der Waals surface area contributed by atoms with Gasteiger partial charge in [-0.25, -0.2) is 0 Å². The number of carbonyl (C=O) groups is 2. The monoisotopic (exact) mass is 487 g/mol. The van der Waals surface area contributed by atoms with E-state index < -0.39 is 0 Å². The number of anilines is 2. The molecule has 3 aromatic rings. The van der Waals surface area contributed by atoms with Crippen LogP contribution >= 0.6 is 0 Å². The molecule has 0 radical (unpaired) electrons. The Kier molecular flexibility index (Phi) is 6.81. The minimum Gasteiger partial charge on any atom is -0.383 e. The molecule has 9 heteroatoms. The third-order valence-electron chi connectivity index (χ3n) is 6.84. The molecule has 9 nitrogen and oxygen atoms in total. The minimum absolute atomic E-state index is 0.0453. The van der Waals surface area contributed by atoms with Crippen molar-refractivity contribution in [3.05, 3.63) is 88.1 Å². The van der Waals surface area contributed by atoms with E-state index in [-0.39, 0.29) is 23.3 Å². The number of rotatable bonds is 7. The molecule has 0 spiro atoms. The first-order valence-electron chi connectivity index (χ1n) is 12.1. The molecule has 186 valence electrons. The molecule has 0 saturated carbocycles. The number of piperidine rings is 1. The molecular formula is C27H29N5O4. The van der Waals surface area contributed by atoms with Gasteiger partial charge in [0.1, 0.15) is 0 Å². The van der Waals surface area contributed by atoms with Crippen molar-refractivity contribution in [3.63, 3.8) is 0 Å². The van der Waals surface area contributed by atoms with E-state index in [0.29, 0.717) is 42.4 Å². The highest BCUT2D eigenvalue weighted by Crippen LogP contribution is 2.39. The first-order valence-corrected chi connectivity index (χ1v) is 12.1. The molecule has 2 N–H and O–H groups in total. The molecule has 2 aliphatic rings. The lowest BCUT2D eigenvalue weighted by Gasteiger charge is -2.44. The molecule has 4 heterocycles. The van der Waals surface area contributed by atoms with Crippen molar-refractivity contribution in [3.8, 4) is 0 Å². The summed E-state index contributed by atoms with van der Waals surface area (Å²) in [4.78, 5) is 44.4. The summed E-state index contributed by atoms with van der Waals surface area (Å²) in [6.45, 7) is 2.96. The number of pyridine rings is 2. The molecule has 1 fully saturated rings. The van der Waals surface area contributed by atoms with Crippen molar-refractivity contribution in [1.29, 1.82) is 0 Å². The van der Waals surface area contributed by atoms with Gasteiger partial charge in [0, 0.05) is 68.9 Å². The lowest BCUT2D eigenvalue weighted by atomic mass is 9.83. The van der Waals surface area contributed by atoms with E-state index in [2.05, 4.69) is 20.5 Å². The number of benzene rings is 1. The van der Waals surface area contributed by atoms with E-state index in [1.54, 1.807) is 43.6 Å². The normalized spacial score (nSPS) is 18.3.